The number of rotatable bonds is 20. The van der Waals surface area contributed by atoms with Crippen LogP contribution < -0.4 is 5.32 Å². The molecule has 0 fully saturated rings. The van der Waals surface area contributed by atoms with E-state index in [9.17, 15) is 8.42 Å². The Balaban J connectivity index is 1.84. The SMILES string of the molecule is CCCCNCCCCCCCCCCCCCCOS(=O)(=O)c1ccc(C)cc1. The molecule has 30 heavy (non-hydrogen) atoms. The quantitative estimate of drug-likeness (QED) is 0.180. The molecule has 1 rings (SSSR count). The van der Waals surface area contributed by atoms with Gasteiger partial charge in [0.25, 0.3) is 10.1 Å². The number of unbranched alkanes of at least 4 members (excludes halogenated alkanes) is 12. The molecule has 0 aliphatic rings. The van der Waals surface area contributed by atoms with Crippen molar-refractivity contribution in [3.05, 3.63) is 29.8 Å². The predicted molar refractivity (Wildman–Crippen MR) is 127 cm³/mol. The lowest BCUT2D eigenvalue weighted by Crippen LogP contribution is -2.16. The first-order valence-corrected chi connectivity index (χ1v) is 13.6. The maximum absolute atomic E-state index is 12.1. The van der Waals surface area contributed by atoms with Crippen LogP contribution in [0.3, 0.4) is 0 Å². The van der Waals surface area contributed by atoms with Gasteiger partial charge in [0.05, 0.1) is 11.5 Å². The Morgan fingerprint density at radius 3 is 1.70 bits per heavy atom. The molecule has 0 saturated carbocycles. The minimum atomic E-state index is -3.60. The van der Waals surface area contributed by atoms with Gasteiger partial charge in [0.2, 0.25) is 0 Å². The van der Waals surface area contributed by atoms with E-state index >= 15 is 0 Å². The highest BCUT2D eigenvalue weighted by Crippen LogP contribution is 2.15. The normalized spacial score (nSPS) is 11.8. The van der Waals surface area contributed by atoms with E-state index in [1.54, 1.807) is 24.3 Å². The minimum absolute atomic E-state index is 0.247. The molecule has 0 spiro atoms. The van der Waals surface area contributed by atoms with Gasteiger partial charge in [-0.3, -0.25) is 4.18 Å². The van der Waals surface area contributed by atoms with Crippen molar-refractivity contribution in [1.29, 1.82) is 0 Å². The van der Waals surface area contributed by atoms with Gasteiger partial charge >= 0.3 is 0 Å². The molecule has 0 aliphatic carbocycles. The van der Waals surface area contributed by atoms with Gasteiger partial charge in [0.1, 0.15) is 0 Å². The molecule has 0 saturated heterocycles. The average molecular weight is 440 g/mol. The Kier molecular flexibility index (Phi) is 16.0. The second-order valence-electron chi connectivity index (χ2n) is 8.44. The molecule has 174 valence electrons. The largest absolute Gasteiger partial charge is 0.317 e. The summed E-state index contributed by atoms with van der Waals surface area (Å²) in [5.74, 6) is 0. The second kappa shape index (κ2) is 17.7. The van der Waals surface area contributed by atoms with E-state index in [2.05, 4.69) is 12.2 Å². The van der Waals surface area contributed by atoms with Crippen molar-refractivity contribution in [2.45, 2.75) is 109 Å². The molecular formula is C25H45NO3S. The summed E-state index contributed by atoms with van der Waals surface area (Å²) in [5.41, 5.74) is 1.04. The molecule has 5 heteroatoms. The fourth-order valence-corrected chi connectivity index (χ4v) is 4.43. The van der Waals surface area contributed by atoms with Crippen LogP contribution in [0.15, 0.2) is 29.2 Å². The summed E-state index contributed by atoms with van der Waals surface area (Å²) in [6.45, 7) is 6.82. The van der Waals surface area contributed by atoms with Gasteiger partial charge < -0.3 is 5.32 Å². The van der Waals surface area contributed by atoms with Gasteiger partial charge in [-0.25, -0.2) is 0 Å². The number of benzene rings is 1. The Morgan fingerprint density at radius 1 is 0.700 bits per heavy atom. The minimum Gasteiger partial charge on any atom is -0.317 e. The van der Waals surface area contributed by atoms with Gasteiger partial charge in [-0.15, -0.1) is 0 Å². The van der Waals surface area contributed by atoms with E-state index in [1.807, 2.05) is 6.92 Å². The third-order valence-corrected chi connectivity index (χ3v) is 6.83. The van der Waals surface area contributed by atoms with Crippen LogP contribution in [0.5, 0.6) is 0 Å². The first-order valence-electron chi connectivity index (χ1n) is 12.2. The summed E-state index contributed by atoms with van der Waals surface area (Å²) in [4.78, 5) is 0.247. The smallest absolute Gasteiger partial charge is 0.296 e. The predicted octanol–water partition coefficient (Wildman–Crippen LogP) is 6.77. The maximum Gasteiger partial charge on any atom is 0.296 e. The molecule has 1 aromatic rings. The highest BCUT2D eigenvalue weighted by atomic mass is 32.2. The molecule has 1 aromatic carbocycles. The third kappa shape index (κ3) is 14.2. The fraction of sp³-hybridized carbons (Fsp3) is 0.760. The van der Waals surface area contributed by atoms with E-state index in [1.165, 1.54) is 90.1 Å². The standard InChI is InChI=1S/C25H45NO3S/c1-3-4-21-26-22-15-13-11-9-7-5-6-8-10-12-14-16-23-29-30(27,28)25-19-17-24(2)18-20-25/h17-20,26H,3-16,21-23H2,1-2H3. The summed E-state index contributed by atoms with van der Waals surface area (Å²) >= 11 is 0. The van der Waals surface area contributed by atoms with Crippen molar-refractivity contribution in [3.8, 4) is 0 Å². The third-order valence-electron chi connectivity index (χ3n) is 5.50. The van der Waals surface area contributed by atoms with Gasteiger partial charge in [0, 0.05) is 0 Å². The number of aryl methyl sites for hydroxylation is 1. The molecule has 0 radical (unpaired) electrons. The molecule has 0 aromatic heterocycles. The molecule has 0 heterocycles. The monoisotopic (exact) mass is 439 g/mol. The summed E-state index contributed by atoms with van der Waals surface area (Å²) < 4.78 is 29.3. The zero-order valence-corrected chi connectivity index (χ0v) is 20.3. The van der Waals surface area contributed by atoms with Gasteiger partial charge in [-0.1, -0.05) is 95.2 Å². The van der Waals surface area contributed by atoms with E-state index in [0.29, 0.717) is 0 Å². The van der Waals surface area contributed by atoms with Crippen molar-refractivity contribution in [2.75, 3.05) is 19.7 Å². The highest BCUT2D eigenvalue weighted by Gasteiger charge is 2.14. The first kappa shape index (κ1) is 27.1. The molecule has 0 unspecified atom stereocenters. The fourth-order valence-electron chi connectivity index (χ4n) is 3.49. The van der Waals surface area contributed by atoms with Crippen LogP contribution >= 0.6 is 0 Å². The van der Waals surface area contributed by atoms with E-state index in [4.69, 9.17) is 4.18 Å². The lowest BCUT2D eigenvalue weighted by Gasteiger charge is -2.06. The number of hydrogen-bond acceptors (Lipinski definition) is 4. The Bertz CT molecular complexity index is 614. The van der Waals surface area contributed by atoms with E-state index < -0.39 is 10.1 Å². The first-order chi connectivity index (χ1) is 14.6. The number of nitrogens with one attached hydrogen (secondary N) is 1. The molecule has 0 bridgehead atoms. The second-order valence-corrected chi connectivity index (χ2v) is 10.1. The zero-order chi connectivity index (χ0) is 21.9. The molecule has 0 amide bonds. The van der Waals surface area contributed by atoms with E-state index in [0.717, 1.165) is 18.4 Å². The molecule has 1 N–H and O–H groups in total. The zero-order valence-electron chi connectivity index (χ0n) is 19.5. The van der Waals surface area contributed by atoms with Crippen molar-refractivity contribution < 1.29 is 12.6 Å². The summed E-state index contributed by atoms with van der Waals surface area (Å²) in [5, 5.41) is 3.51. The lowest BCUT2D eigenvalue weighted by molar-refractivity contribution is 0.306. The van der Waals surface area contributed by atoms with Crippen LogP contribution in [0.1, 0.15) is 102 Å². The Morgan fingerprint density at radius 2 is 1.17 bits per heavy atom. The average Bonchev–Trinajstić information content (AvgIpc) is 2.73. The molecule has 0 atom stereocenters. The van der Waals surface area contributed by atoms with Crippen molar-refractivity contribution in [3.63, 3.8) is 0 Å². The Hall–Kier alpha value is -0.910. The van der Waals surface area contributed by atoms with Crippen LogP contribution in [-0.4, -0.2) is 28.1 Å². The van der Waals surface area contributed by atoms with Crippen LogP contribution in [0.25, 0.3) is 0 Å². The van der Waals surface area contributed by atoms with Gasteiger partial charge in [-0.05, 0) is 51.4 Å². The lowest BCUT2D eigenvalue weighted by atomic mass is 10.1. The topological polar surface area (TPSA) is 55.4 Å². The number of hydrogen-bond donors (Lipinski definition) is 1. The van der Waals surface area contributed by atoms with Crippen molar-refractivity contribution in [2.24, 2.45) is 0 Å². The van der Waals surface area contributed by atoms with Crippen LogP contribution in [0, 0.1) is 6.92 Å². The molecule has 0 aliphatic heterocycles. The van der Waals surface area contributed by atoms with Gasteiger partial charge in [-0.2, -0.15) is 8.42 Å². The molecular weight excluding hydrogens is 394 g/mol. The highest BCUT2D eigenvalue weighted by molar-refractivity contribution is 7.86. The van der Waals surface area contributed by atoms with Gasteiger partial charge in [0.15, 0.2) is 0 Å². The Labute approximate surface area is 186 Å². The van der Waals surface area contributed by atoms with Crippen LogP contribution in [0.4, 0.5) is 0 Å². The van der Waals surface area contributed by atoms with E-state index in [-0.39, 0.29) is 11.5 Å². The van der Waals surface area contributed by atoms with Crippen molar-refractivity contribution in [1.82, 2.24) is 5.32 Å². The van der Waals surface area contributed by atoms with Crippen molar-refractivity contribution >= 4 is 10.1 Å². The summed E-state index contributed by atoms with van der Waals surface area (Å²) in [6, 6.07) is 6.81. The summed E-state index contributed by atoms with van der Waals surface area (Å²) in [6.07, 6.45) is 17.6. The maximum atomic E-state index is 12.1. The van der Waals surface area contributed by atoms with Crippen LogP contribution in [-0.2, 0) is 14.3 Å². The summed E-state index contributed by atoms with van der Waals surface area (Å²) in [7, 11) is -3.60. The van der Waals surface area contributed by atoms with Crippen LogP contribution in [0.2, 0.25) is 0 Å². The molecule has 4 nitrogen and oxygen atoms in total.